The molecule has 0 bridgehead atoms. The molecule has 0 aromatic heterocycles. The maximum Gasteiger partial charge on any atom is 0.154 e. The molecule has 0 amide bonds. The summed E-state index contributed by atoms with van der Waals surface area (Å²) in [7, 11) is 0. The number of carbonyl (C=O) groups is 1. The molecule has 0 saturated carbocycles. The van der Waals surface area contributed by atoms with Gasteiger partial charge in [0.05, 0.1) is 5.56 Å². The van der Waals surface area contributed by atoms with Crippen LogP contribution >= 0.6 is 0 Å². The second-order valence-electron chi connectivity index (χ2n) is 4.75. The minimum Gasteiger partial charge on any atom is -0.508 e. The highest BCUT2D eigenvalue weighted by atomic mass is 16.3. The Balaban J connectivity index is 2.38. The summed E-state index contributed by atoms with van der Waals surface area (Å²) in [5, 5.41) is 27.6. The lowest BCUT2D eigenvalue weighted by Gasteiger charge is -2.07. The fourth-order valence-corrected chi connectivity index (χ4v) is 2.16. The predicted octanol–water partition coefficient (Wildman–Crippen LogP) is 2.79. The second-order valence-corrected chi connectivity index (χ2v) is 4.75. The SMILES string of the molecule is O=Cc1c(O)cc(O)cc1CCCCCCCCO. The van der Waals surface area contributed by atoms with Crippen molar-refractivity contribution in [2.75, 3.05) is 6.61 Å². The van der Waals surface area contributed by atoms with Gasteiger partial charge in [-0.05, 0) is 30.9 Å². The van der Waals surface area contributed by atoms with Gasteiger partial charge in [-0.1, -0.05) is 25.7 Å². The van der Waals surface area contributed by atoms with E-state index in [2.05, 4.69) is 0 Å². The molecule has 0 atom stereocenters. The van der Waals surface area contributed by atoms with Crippen LogP contribution in [0.1, 0.15) is 54.4 Å². The van der Waals surface area contributed by atoms with Crippen LogP contribution in [0.3, 0.4) is 0 Å². The van der Waals surface area contributed by atoms with Crippen LogP contribution < -0.4 is 0 Å². The monoisotopic (exact) mass is 266 g/mol. The molecule has 4 heteroatoms. The number of unbranched alkanes of at least 4 members (excludes halogenated alkanes) is 5. The lowest BCUT2D eigenvalue weighted by atomic mass is 10.00. The molecule has 1 aromatic carbocycles. The number of rotatable bonds is 9. The Hall–Kier alpha value is -1.55. The number of phenols is 2. The summed E-state index contributed by atoms with van der Waals surface area (Å²) < 4.78 is 0. The van der Waals surface area contributed by atoms with Crippen LogP contribution in [0.25, 0.3) is 0 Å². The Morgan fingerprint density at radius 1 is 0.947 bits per heavy atom. The van der Waals surface area contributed by atoms with Gasteiger partial charge in [0.25, 0.3) is 0 Å². The van der Waals surface area contributed by atoms with Gasteiger partial charge in [-0.3, -0.25) is 4.79 Å². The van der Waals surface area contributed by atoms with E-state index in [1.807, 2.05) is 0 Å². The molecule has 1 aromatic rings. The number of benzene rings is 1. The van der Waals surface area contributed by atoms with Gasteiger partial charge in [0.15, 0.2) is 6.29 Å². The summed E-state index contributed by atoms with van der Waals surface area (Å²) in [6.45, 7) is 0.255. The van der Waals surface area contributed by atoms with Crippen molar-refractivity contribution in [2.45, 2.75) is 44.9 Å². The molecular weight excluding hydrogens is 244 g/mol. The lowest BCUT2D eigenvalue weighted by Crippen LogP contribution is -1.94. The third-order valence-electron chi connectivity index (χ3n) is 3.20. The maximum atomic E-state index is 10.9. The van der Waals surface area contributed by atoms with E-state index in [1.165, 1.54) is 12.1 Å². The van der Waals surface area contributed by atoms with Crippen molar-refractivity contribution in [3.8, 4) is 11.5 Å². The number of aromatic hydroxyl groups is 2. The summed E-state index contributed by atoms with van der Waals surface area (Å²) in [4.78, 5) is 10.9. The summed E-state index contributed by atoms with van der Waals surface area (Å²) in [5.74, 6) is -0.172. The molecule has 0 saturated heterocycles. The fourth-order valence-electron chi connectivity index (χ4n) is 2.16. The molecule has 0 heterocycles. The first kappa shape index (κ1) is 15.5. The van der Waals surface area contributed by atoms with Gasteiger partial charge >= 0.3 is 0 Å². The number of hydrogen-bond acceptors (Lipinski definition) is 4. The molecule has 3 N–H and O–H groups in total. The molecule has 0 spiro atoms. The van der Waals surface area contributed by atoms with Crippen LogP contribution in [-0.4, -0.2) is 28.2 Å². The first-order chi connectivity index (χ1) is 9.19. The zero-order chi connectivity index (χ0) is 14.1. The van der Waals surface area contributed by atoms with Gasteiger partial charge in [0.1, 0.15) is 11.5 Å². The Morgan fingerprint density at radius 3 is 2.21 bits per heavy atom. The number of aryl methyl sites for hydroxylation is 1. The minimum atomic E-state index is -0.159. The smallest absolute Gasteiger partial charge is 0.154 e. The largest absolute Gasteiger partial charge is 0.508 e. The Morgan fingerprint density at radius 2 is 1.58 bits per heavy atom. The summed E-state index contributed by atoms with van der Waals surface area (Å²) in [6.07, 6.45) is 7.37. The number of aliphatic hydroxyl groups excluding tert-OH is 1. The molecule has 0 unspecified atom stereocenters. The molecule has 19 heavy (non-hydrogen) atoms. The van der Waals surface area contributed by atoms with Gasteiger partial charge in [0.2, 0.25) is 0 Å². The van der Waals surface area contributed by atoms with E-state index in [4.69, 9.17) is 5.11 Å². The summed E-state index contributed by atoms with van der Waals surface area (Å²) in [5.41, 5.74) is 0.973. The van der Waals surface area contributed by atoms with E-state index in [-0.39, 0.29) is 23.7 Å². The van der Waals surface area contributed by atoms with E-state index in [0.717, 1.165) is 38.5 Å². The van der Waals surface area contributed by atoms with Crippen LogP contribution in [0.2, 0.25) is 0 Å². The quantitative estimate of drug-likeness (QED) is 0.474. The molecule has 0 fully saturated rings. The van der Waals surface area contributed by atoms with Gasteiger partial charge < -0.3 is 15.3 Å². The number of hydrogen-bond donors (Lipinski definition) is 3. The summed E-state index contributed by atoms with van der Waals surface area (Å²) >= 11 is 0. The molecular formula is C15H22O4. The maximum absolute atomic E-state index is 10.9. The average molecular weight is 266 g/mol. The van der Waals surface area contributed by atoms with Gasteiger partial charge in [0, 0.05) is 12.7 Å². The van der Waals surface area contributed by atoms with Crippen molar-refractivity contribution in [2.24, 2.45) is 0 Å². The normalized spacial score (nSPS) is 10.6. The number of aldehydes is 1. The third-order valence-corrected chi connectivity index (χ3v) is 3.20. The van der Waals surface area contributed by atoms with Crippen molar-refractivity contribution >= 4 is 6.29 Å². The van der Waals surface area contributed by atoms with Crippen LogP contribution in [0.5, 0.6) is 11.5 Å². The predicted molar refractivity (Wildman–Crippen MR) is 73.7 cm³/mol. The highest BCUT2D eigenvalue weighted by molar-refractivity contribution is 5.82. The zero-order valence-corrected chi connectivity index (χ0v) is 11.1. The number of aliphatic hydroxyl groups is 1. The van der Waals surface area contributed by atoms with E-state index in [0.29, 0.717) is 18.3 Å². The zero-order valence-electron chi connectivity index (χ0n) is 11.1. The molecule has 1 rings (SSSR count). The van der Waals surface area contributed by atoms with Gasteiger partial charge in [-0.2, -0.15) is 0 Å². The number of carbonyl (C=O) groups excluding carboxylic acids is 1. The Bertz CT molecular complexity index is 401. The highest BCUT2D eigenvalue weighted by Gasteiger charge is 2.09. The molecule has 106 valence electrons. The average Bonchev–Trinajstić information content (AvgIpc) is 2.37. The van der Waals surface area contributed by atoms with Crippen LogP contribution in [-0.2, 0) is 6.42 Å². The van der Waals surface area contributed by atoms with Crippen molar-refractivity contribution < 1.29 is 20.1 Å². The van der Waals surface area contributed by atoms with Crippen molar-refractivity contribution in [3.05, 3.63) is 23.3 Å². The fraction of sp³-hybridized carbons (Fsp3) is 0.533. The van der Waals surface area contributed by atoms with E-state index < -0.39 is 0 Å². The van der Waals surface area contributed by atoms with Crippen molar-refractivity contribution in [1.82, 2.24) is 0 Å². The standard InChI is InChI=1S/C15H22O4/c16-8-6-4-2-1-3-5-7-12-9-13(18)10-15(19)14(12)11-17/h9-11,16,18-19H,1-8H2. The van der Waals surface area contributed by atoms with Crippen LogP contribution in [0, 0.1) is 0 Å². The first-order valence-corrected chi connectivity index (χ1v) is 6.80. The van der Waals surface area contributed by atoms with E-state index >= 15 is 0 Å². The lowest BCUT2D eigenvalue weighted by molar-refractivity contribution is 0.112. The van der Waals surface area contributed by atoms with Crippen LogP contribution in [0.15, 0.2) is 12.1 Å². The minimum absolute atomic E-state index is 0.0129. The molecule has 0 radical (unpaired) electrons. The van der Waals surface area contributed by atoms with Crippen LogP contribution in [0.4, 0.5) is 0 Å². The second kappa shape index (κ2) is 8.53. The topological polar surface area (TPSA) is 77.8 Å². The molecule has 0 aliphatic rings. The molecule has 0 aliphatic heterocycles. The molecule has 4 nitrogen and oxygen atoms in total. The Kier molecular flexibility index (Phi) is 6.97. The van der Waals surface area contributed by atoms with Crippen molar-refractivity contribution in [1.29, 1.82) is 0 Å². The third kappa shape index (κ3) is 5.30. The first-order valence-electron chi connectivity index (χ1n) is 6.80. The van der Waals surface area contributed by atoms with E-state index in [1.54, 1.807) is 0 Å². The van der Waals surface area contributed by atoms with Crippen molar-refractivity contribution in [3.63, 3.8) is 0 Å². The Labute approximate surface area is 113 Å². The molecule has 0 aliphatic carbocycles. The van der Waals surface area contributed by atoms with Gasteiger partial charge in [-0.25, -0.2) is 0 Å². The number of phenolic OH excluding ortho intramolecular Hbond substituents is 2. The highest BCUT2D eigenvalue weighted by Crippen LogP contribution is 2.27. The van der Waals surface area contributed by atoms with E-state index in [9.17, 15) is 15.0 Å². The van der Waals surface area contributed by atoms with Gasteiger partial charge in [-0.15, -0.1) is 0 Å². The summed E-state index contributed by atoms with van der Waals surface area (Å²) in [6, 6.07) is 2.72.